The first-order valence-electron chi connectivity index (χ1n) is 7.67. The van der Waals surface area contributed by atoms with E-state index < -0.39 is 6.10 Å². The first-order valence-corrected chi connectivity index (χ1v) is 7.67. The summed E-state index contributed by atoms with van der Waals surface area (Å²) >= 11 is 0. The van der Waals surface area contributed by atoms with Crippen LogP contribution in [0.4, 0.5) is 0 Å². The van der Waals surface area contributed by atoms with Gasteiger partial charge in [0.1, 0.15) is 12.4 Å². The van der Waals surface area contributed by atoms with Crippen LogP contribution in [0.2, 0.25) is 0 Å². The van der Waals surface area contributed by atoms with Crippen molar-refractivity contribution >= 4 is 5.78 Å². The van der Waals surface area contributed by atoms with Gasteiger partial charge in [-0.05, 0) is 30.5 Å². The van der Waals surface area contributed by atoms with E-state index >= 15 is 0 Å². The molecule has 0 aliphatic carbocycles. The summed E-state index contributed by atoms with van der Waals surface area (Å²) in [6, 6.07) is 17.2. The number of aliphatic hydroxyl groups is 1. The number of ether oxygens (including phenoxy) is 1. The van der Waals surface area contributed by atoms with Crippen molar-refractivity contribution in [3.8, 4) is 5.75 Å². The van der Waals surface area contributed by atoms with Gasteiger partial charge in [0.05, 0.1) is 11.7 Å². The van der Waals surface area contributed by atoms with Gasteiger partial charge in [0.15, 0.2) is 5.78 Å². The molecule has 3 nitrogen and oxygen atoms in total. The summed E-state index contributed by atoms with van der Waals surface area (Å²) in [6.07, 6.45) is 1.28. The van der Waals surface area contributed by atoms with Gasteiger partial charge in [-0.2, -0.15) is 0 Å². The fourth-order valence-electron chi connectivity index (χ4n) is 2.16. The lowest BCUT2D eigenvalue weighted by Gasteiger charge is -2.13. The summed E-state index contributed by atoms with van der Waals surface area (Å²) in [5, 5.41) is 9.59. The molecule has 1 unspecified atom stereocenters. The zero-order chi connectivity index (χ0) is 15.8. The molecule has 0 saturated heterocycles. The minimum Gasteiger partial charge on any atom is -0.490 e. The highest BCUT2D eigenvalue weighted by atomic mass is 16.5. The Morgan fingerprint density at radius 3 is 2.50 bits per heavy atom. The third-order valence-corrected chi connectivity index (χ3v) is 3.57. The molecule has 0 fully saturated rings. The molecule has 22 heavy (non-hydrogen) atoms. The Morgan fingerprint density at radius 1 is 1.09 bits per heavy atom. The third kappa shape index (κ3) is 4.71. The minimum absolute atomic E-state index is 0.0606. The highest BCUT2D eigenvalue weighted by Gasteiger charge is 2.13. The number of benzene rings is 2. The van der Waals surface area contributed by atoms with E-state index in [0.29, 0.717) is 30.6 Å². The number of hydrogen-bond donors (Lipinski definition) is 1. The predicted molar refractivity (Wildman–Crippen MR) is 87.3 cm³/mol. The molecule has 0 amide bonds. The van der Waals surface area contributed by atoms with Gasteiger partial charge < -0.3 is 9.84 Å². The molecule has 0 aromatic heterocycles. The number of hydrogen-bond acceptors (Lipinski definition) is 3. The number of Topliss-reactive ketones (excluding diaryl/α,β-unsaturated/α-hetero) is 1. The third-order valence-electron chi connectivity index (χ3n) is 3.57. The summed E-state index contributed by atoms with van der Waals surface area (Å²) in [7, 11) is 0. The second-order valence-corrected chi connectivity index (χ2v) is 5.28. The van der Waals surface area contributed by atoms with E-state index in [2.05, 4.69) is 0 Å². The molecule has 2 rings (SSSR count). The van der Waals surface area contributed by atoms with E-state index in [1.807, 2.05) is 49.4 Å². The molecule has 2 aromatic rings. The van der Waals surface area contributed by atoms with E-state index in [0.717, 1.165) is 5.56 Å². The van der Waals surface area contributed by atoms with Crippen LogP contribution in [0.3, 0.4) is 0 Å². The molecule has 3 heteroatoms. The maximum Gasteiger partial charge on any atom is 0.166 e. The van der Waals surface area contributed by atoms with Crippen LogP contribution in [0, 0.1) is 0 Å². The van der Waals surface area contributed by atoms with Crippen LogP contribution in [-0.4, -0.2) is 23.6 Å². The van der Waals surface area contributed by atoms with Crippen molar-refractivity contribution in [3.63, 3.8) is 0 Å². The normalized spacial score (nSPS) is 11.9. The van der Waals surface area contributed by atoms with E-state index in [1.165, 1.54) is 0 Å². The number of aryl methyl sites for hydroxylation is 1. The number of carbonyl (C=O) groups is 1. The molecule has 1 atom stereocenters. The van der Waals surface area contributed by atoms with E-state index in [4.69, 9.17) is 4.74 Å². The molecule has 1 N–H and O–H groups in total. The Balaban J connectivity index is 1.99. The van der Waals surface area contributed by atoms with Crippen LogP contribution in [0.15, 0.2) is 54.6 Å². The molecule has 0 bridgehead atoms. The molecular weight excluding hydrogens is 276 g/mol. The quantitative estimate of drug-likeness (QED) is 0.757. The van der Waals surface area contributed by atoms with Crippen molar-refractivity contribution in [1.82, 2.24) is 0 Å². The standard InChI is InChI=1S/C19H22O3/c1-2-16(20)14-22-19-11-7-6-10-17(19)18(21)13-12-15-8-4-3-5-9-15/h3-11,16,20H,2,12-14H2,1H3. The number of carbonyl (C=O) groups excluding carboxylic acids is 1. The van der Waals surface area contributed by atoms with Gasteiger partial charge in [-0.1, -0.05) is 49.4 Å². The maximum atomic E-state index is 12.4. The van der Waals surface area contributed by atoms with E-state index in [-0.39, 0.29) is 12.4 Å². The average molecular weight is 298 g/mol. The highest BCUT2D eigenvalue weighted by Crippen LogP contribution is 2.21. The zero-order valence-electron chi connectivity index (χ0n) is 12.9. The van der Waals surface area contributed by atoms with Gasteiger partial charge in [0.25, 0.3) is 0 Å². The summed E-state index contributed by atoms with van der Waals surface area (Å²) < 4.78 is 5.59. The highest BCUT2D eigenvalue weighted by molar-refractivity contribution is 5.98. The average Bonchev–Trinajstić information content (AvgIpc) is 2.58. The smallest absolute Gasteiger partial charge is 0.166 e. The second-order valence-electron chi connectivity index (χ2n) is 5.28. The molecule has 0 heterocycles. The number of para-hydroxylation sites is 1. The lowest BCUT2D eigenvalue weighted by molar-refractivity contribution is 0.0945. The summed E-state index contributed by atoms with van der Waals surface area (Å²) in [4.78, 5) is 12.4. The van der Waals surface area contributed by atoms with E-state index in [9.17, 15) is 9.90 Å². The molecule has 0 aliphatic heterocycles. The van der Waals surface area contributed by atoms with E-state index in [1.54, 1.807) is 12.1 Å². The van der Waals surface area contributed by atoms with Crippen molar-refractivity contribution in [1.29, 1.82) is 0 Å². The lowest BCUT2D eigenvalue weighted by atomic mass is 10.0. The number of aliphatic hydroxyl groups excluding tert-OH is 1. The van der Waals surface area contributed by atoms with Crippen molar-refractivity contribution in [2.45, 2.75) is 32.3 Å². The van der Waals surface area contributed by atoms with Crippen molar-refractivity contribution < 1.29 is 14.6 Å². The Bertz CT molecular complexity index is 593. The Hall–Kier alpha value is -2.13. The summed E-state index contributed by atoms with van der Waals surface area (Å²) in [5.41, 5.74) is 1.73. The molecule has 0 saturated carbocycles. The molecule has 0 aliphatic rings. The van der Waals surface area contributed by atoms with Gasteiger partial charge in [-0.15, -0.1) is 0 Å². The topological polar surface area (TPSA) is 46.5 Å². The van der Waals surface area contributed by atoms with Crippen LogP contribution >= 0.6 is 0 Å². The van der Waals surface area contributed by atoms with Gasteiger partial charge in [0, 0.05) is 6.42 Å². The molecule has 0 spiro atoms. The monoisotopic (exact) mass is 298 g/mol. The predicted octanol–water partition coefficient (Wildman–Crippen LogP) is 3.65. The molecule has 0 radical (unpaired) electrons. The zero-order valence-corrected chi connectivity index (χ0v) is 12.9. The number of ketones is 1. The molecule has 2 aromatic carbocycles. The fourth-order valence-corrected chi connectivity index (χ4v) is 2.16. The first kappa shape index (κ1) is 16.2. The SMILES string of the molecule is CCC(O)COc1ccccc1C(=O)CCc1ccccc1. The van der Waals surface area contributed by atoms with Crippen molar-refractivity contribution in [3.05, 3.63) is 65.7 Å². The van der Waals surface area contributed by atoms with Crippen LogP contribution < -0.4 is 4.74 Å². The Kier molecular flexibility index (Phi) is 6.16. The van der Waals surface area contributed by atoms with Gasteiger partial charge in [-0.3, -0.25) is 4.79 Å². The summed E-state index contributed by atoms with van der Waals surface area (Å²) in [5.74, 6) is 0.610. The van der Waals surface area contributed by atoms with Gasteiger partial charge in [-0.25, -0.2) is 0 Å². The fraction of sp³-hybridized carbons (Fsp3) is 0.316. The van der Waals surface area contributed by atoms with Gasteiger partial charge >= 0.3 is 0 Å². The summed E-state index contributed by atoms with van der Waals surface area (Å²) in [6.45, 7) is 2.10. The van der Waals surface area contributed by atoms with Crippen LogP contribution in [0.25, 0.3) is 0 Å². The molecule has 116 valence electrons. The van der Waals surface area contributed by atoms with Crippen molar-refractivity contribution in [2.75, 3.05) is 6.61 Å². The van der Waals surface area contributed by atoms with Gasteiger partial charge in [0.2, 0.25) is 0 Å². The minimum atomic E-state index is -0.507. The second kappa shape index (κ2) is 8.35. The first-order chi connectivity index (χ1) is 10.7. The Morgan fingerprint density at radius 2 is 1.77 bits per heavy atom. The molecular formula is C19H22O3. The van der Waals surface area contributed by atoms with Crippen LogP contribution in [0.5, 0.6) is 5.75 Å². The maximum absolute atomic E-state index is 12.4. The number of rotatable bonds is 8. The lowest BCUT2D eigenvalue weighted by Crippen LogP contribution is -2.17. The largest absolute Gasteiger partial charge is 0.490 e. The Labute approximate surface area is 131 Å². The van der Waals surface area contributed by atoms with Crippen LogP contribution in [0.1, 0.15) is 35.7 Å². The van der Waals surface area contributed by atoms with Crippen LogP contribution in [-0.2, 0) is 6.42 Å². The van der Waals surface area contributed by atoms with Crippen molar-refractivity contribution in [2.24, 2.45) is 0 Å².